The van der Waals surface area contributed by atoms with Crippen LogP contribution in [0.5, 0.6) is 0 Å². The topological polar surface area (TPSA) is 80.3 Å². The lowest BCUT2D eigenvalue weighted by atomic mass is 10.00. The molecule has 0 spiro atoms. The van der Waals surface area contributed by atoms with Gasteiger partial charge in [-0.3, -0.25) is 0 Å². The van der Waals surface area contributed by atoms with E-state index in [1.807, 2.05) is 0 Å². The second kappa shape index (κ2) is 4.61. The summed E-state index contributed by atoms with van der Waals surface area (Å²) in [6.45, 7) is 0. The van der Waals surface area contributed by atoms with Crippen LogP contribution >= 0.6 is 22.6 Å². The van der Waals surface area contributed by atoms with Gasteiger partial charge in [0.2, 0.25) is 0 Å². The van der Waals surface area contributed by atoms with Gasteiger partial charge in [0, 0.05) is 0 Å². The Morgan fingerprint density at radius 1 is 1.13 bits per heavy atom. The fourth-order valence-corrected chi connectivity index (χ4v) is 1.55. The standard InChI is InChI=1S/C10H9IO4/c11-10(8(12)13,9(14)15)6-7-4-2-1-3-5-7/h1-5H,6H2,(H,12,13)(H,14,15)/p-2. The minimum Gasteiger partial charge on any atom is -0.548 e. The molecule has 0 bridgehead atoms. The highest BCUT2D eigenvalue weighted by atomic mass is 127. The summed E-state index contributed by atoms with van der Waals surface area (Å²) >= 11 is 1.33. The second-order valence-electron chi connectivity index (χ2n) is 3.04. The maximum Gasteiger partial charge on any atom is 0.105 e. The van der Waals surface area contributed by atoms with Crippen LogP contribution in [-0.2, 0) is 16.0 Å². The van der Waals surface area contributed by atoms with E-state index >= 15 is 0 Å². The average Bonchev–Trinajstić information content (AvgIpc) is 2.18. The number of aliphatic carboxylic acids is 2. The molecular formula is C10H7IO4-2. The number of rotatable bonds is 4. The molecule has 0 amide bonds. The quantitative estimate of drug-likeness (QED) is 0.401. The molecular weight excluding hydrogens is 311 g/mol. The van der Waals surface area contributed by atoms with Crippen molar-refractivity contribution < 1.29 is 19.8 Å². The van der Waals surface area contributed by atoms with Crippen molar-refractivity contribution in [3.05, 3.63) is 35.9 Å². The van der Waals surface area contributed by atoms with Gasteiger partial charge in [-0.2, -0.15) is 0 Å². The van der Waals surface area contributed by atoms with E-state index in [0.29, 0.717) is 5.56 Å². The Morgan fingerprint density at radius 3 is 2.00 bits per heavy atom. The molecule has 80 valence electrons. The van der Waals surface area contributed by atoms with Gasteiger partial charge in [0.1, 0.15) is 3.42 Å². The van der Waals surface area contributed by atoms with Crippen LogP contribution < -0.4 is 10.2 Å². The smallest absolute Gasteiger partial charge is 0.105 e. The van der Waals surface area contributed by atoms with Gasteiger partial charge in [0.25, 0.3) is 0 Å². The van der Waals surface area contributed by atoms with Crippen LogP contribution in [0.1, 0.15) is 5.56 Å². The van der Waals surface area contributed by atoms with Crippen LogP contribution in [0.25, 0.3) is 0 Å². The highest BCUT2D eigenvalue weighted by molar-refractivity contribution is 14.1. The van der Waals surface area contributed by atoms with Crippen LogP contribution in [0.15, 0.2) is 30.3 Å². The summed E-state index contributed by atoms with van der Waals surface area (Å²) in [5, 5.41) is 21.5. The van der Waals surface area contributed by atoms with E-state index < -0.39 is 15.4 Å². The zero-order chi connectivity index (χ0) is 11.5. The Balaban J connectivity index is 2.95. The van der Waals surface area contributed by atoms with E-state index in [0.717, 1.165) is 0 Å². The number of benzene rings is 1. The van der Waals surface area contributed by atoms with Crippen LogP contribution in [0.3, 0.4) is 0 Å². The van der Waals surface area contributed by atoms with Crippen LogP contribution in [-0.4, -0.2) is 15.4 Å². The molecule has 0 aromatic heterocycles. The summed E-state index contributed by atoms with van der Waals surface area (Å²) in [4.78, 5) is 21.5. The Bertz CT molecular complexity index is 360. The fourth-order valence-electron chi connectivity index (χ4n) is 1.10. The molecule has 1 aromatic rings. The van der Waals surface area contributed by atoms with Crippen molar-refractivity contribution >= 4 is 34.5 Å². The molecule has 1 aromatic carbocycles. The van der Waals surface area contributed by atoms with Gasteiger partial charge in [-0.15, -0.1) is 0 Å². The van der Waals surface area contributed by atoms with E-state index in [1.165, 1.54) is 22.6 Å². The zero-order valence-electron chi connectivity index (χ0n) is 7.60. The molecule has 0 fully saturated rings. The third-order valence-corrected chi connectivity index (χ3v) is 3.20. The number of carbonyl (C=O) groups excluding carboxylic acids is 2. The normalized spacial score (nSPS) is 11.0. The Kier molecular flexibility index (Phi) is 3.67. The number of carboxylic acid groups (broad SMARTS) is 2. The predicted octanol–water partition coefficient (Wildman–Crippen LogP) is -1.10. The van der Waals surface area contributed by atoms with E-state index in [-0.39, 0.29) is 6.42 Å². The molecule has 1 rings (SSSR count). The fraction of sp³-hybridized carbons (Fsp3) is 0.200. The summed E-state index contributed by atoms with van der Waals surface area (Å²) in [5.74, 6) is -3.29. The van der Waals surface area contributed by atoms with Gasteiger partial charge in [0.15, 0.2) is 0 Å². The summed E-state index contributed by atoms with van der Waals surface area (Å²) < 4.78 is -2.01. The summed E-state index contributed by atoms with van der Waals surface area (Å²) in [6.07, 6.45) is -0.154. The second-order valence-corrected chi connectivity index (χ2v) is 4.88. The highest BCUT2D eigenvalue weighted by Crippen LogP contribution is 2.23. The molecule has 0 saturated heterocycles. The molecule has 0 heterocycles. The molecule has 0 saturated carbocycles. The molecule has 0 atom stereocenters. The lowest BCUT2D eigenvalue weighted by Crippen LogP contribution is -2.56. The lowest BCUT2D eigenvalue weighted by molar-refractivity contribution is -0.326. The van der Waals surface area contributed by atoms with Gasteiger partial charge in [-0.1, -0.05) is 52.9 Å². The lowest BCUT2D eigenvalue weighted by Gasteiger charge is -2.29. The van der Waals surface area contributed by atoms with Crippen molar-refractivity contribution in [1.29, 1.82) is 0 Å². The average molecular weight is 318 g/mol. The summed E-state index contributed by atoms with van der Waals surface area (Å²) in [7, 11) is 0. The molecule has 0 aliphatic heterocycles. The third kappa shape index (κ3) is 2.68. The van der Waals surface area contributed by atoms with Crippen molar-refractivity contribution in [1.82, 2.24) is 0 Å². The summed E-state index contributed by atoms with van der Waals surface area (Å²) in [6, 6.07) is 8.48. The highest BCUT2D eigenvalue weighted by Gasteiger charge is 2.30. The molecule has 0 aliphatic rings. The molecule has 4 nitrogen and oxygen atoms in total. The van der Waals surface area contributed by atoms with Gasteiger partial charge in [0.05, 0.1) is 11.9 Å². The van der Waals surface area contributed by atoms with Crippen LogP contribution in [0, 0.1) is 0 Å². The Hall–Kier alpha value is -1.11. The van der Waals surface area contributed by atoms with Gasteiger partial charge in [-0.25, -0.2) is 0 Å². The van der Waals surface area contributed by atoms with E-state index in [9.17, 15) is 19.8 Å². The maximum atomic E-state index is 10.7. The number of alkyl halides is 1. The van der Waals surface area contributed by atoms with Gasteiger partial charge in [-0.05, 0) is 12.0 Å². The number of hydrogen-bond acceptors (Lipinski definition) is 4. The first kappa shape index (κ1) is 12.0. The van der Waals surface area contributed by atoms with Crippen LogP contribution in [0.2, 0.25) is 0 Å². The van der Waals surface area contributed by atoms with Crippen molar-refractivity contribution in [2.75, 3.05) is 0 Å². The van der Waals surface area contributed by atoms with Crippen molar-refractivity contribution in [2.24, 2.45) is 0 Å². The number of halogens is 1. The molecule has 0 N–H and O–H groups in total. The first-order valence-electron chi connectivity index (χ1n) is 4.12. The van der Waals surface area contributed by atoms with Gasteiger partial charge < -0.3 is 19.8 Å². The Morgan fingerprint density at radius 2 is 1.60 bits per heavy atom. The van der Waals surface area contributed by atoms with Crippen LogP contribution in [0.4, 0.5) is 0 Å². The predicted molar refractivity (Wildman–Crippen MR) is 56.9 cm³/mol. The number of hydrogen-bond donors (Lipinski definition) is 0. The van der Waals surface area contributed by atoms with E-state index in [1.54, 1.807) is 30.3 Å². The number of carbonyl (C=O) groups is 2. The first-order valence-corrected chi connectivity index (χ1v) is 5.20. The molecule has 0 radical (unpaired) electrons. The van der Waals surface area contributed by atoms with Crippen molar-refractivity contribution in [2.45, 2.75) is 9.84 Å². The third-order valence-electron chi connectivity index (χ3n) is 1.94. The first-order chi connectivity index (χ1) is 6.97. The monoisotopic (exact) mass is 318 g/mol. The number of carboxylic acids is 2. The largest absolute Gasteiger partial charge is 0.548 e. The Labute approximate surface area is 100 Å². The minimum atomic E-state index is -2.01. The van der Waals surface area contributed by atoms with E-state index in [2.05, 4.69) is 0 Å². The maximum absolute atomic E-state index is 10.7. The van der Waals surface area contributed by atoms with Crippen molar-refractivity contribution in [3.63, 3.8) is 0 Å². The molecule has 0 aliphatic carbocycles. The summed E-state index contributed by atoms with van der Waals surface area (Å²) in [5.41, 5.74) is 0.611. The zero-order valence-corrected chi connectivity index (χ0v) is 9.76. The SMILES string of the molecule is O=C([O-])C(I)(Cc1ccccc1)C(=O)[O-]. The van der Waals surface area contributed by atoms with Gasteiger partial charge >= 0.3 is 0 Å². The van der Waals surface area contributed by atoms with E-state index in [4.69, 9.17) is 0 Å². The van der Waals surface area contributed by atoms with Crippen molar-refractivity contribution in [3.8, 4) is 0 Å². The molecule has 15 heavy (non-hydrogen) atoms. The molecule has 5 heteroatoms. The molecule has 0 unspecified atom stereocenters. The minimum absolute atomic E-state index is 0.154.